The van der Waals surface area contributed by atoms with Crippen LogP contribution in [-0.4, -0.2) is 15.6 Å². The zero-order valence-corrected chi connectivity index (χ0v) is 12.0. The van der Waals surface area contributed by atoms with Gasteiger partial charge in [-0.1, -0.05) is 20.8 Å². The second kappa shape index (κ2) is 3.75. The SMILES string of the molecule is CCn1ccnc1NC1C2(C)CCC(C2)C1(C)C. The van der Waals surface area contributed by atoms with E-state index in [-0.39, 0.29) is 0 Å². The third kappa shape index (κ3) is 1.52. The van der Waals surface area contributed by atoms with Crippen molar-refractivity contribution in [1.29, 1.82) is 0 Å². The number of aromatic nitrogens is 2. The molecule has 2 aliphatic rings. The van der Waals surface area contributed by atoms with Crippen LogP contribution in [0.25, 0.3) is 0 Å². The fourth-order valence-electron chi connectivity index (χ4n) is 4.50. The molecule has 0 spiro atoms. The van der Waals surface area contributed by atoms with Crippen molar-refractivity contribution < 1.29 is 0 Å². The lowest BCUT2D eigenvalue weighted by Crippen LogP contribution is -2.46. The Kier molecular flexibility index (Phi) is 2.51. The number of anilines is 1. The van der Waals surface area contributed by atoms with Crippen LogP contribution in [0.1, 0.15) is 47.0 Å². The summed E-state index contributed by atoms with van der Waals surface area (Å²) in [5.41, 5.74) is 0.843. The summed E-state index contributed by atoms with van der Waals surface area (Å²) in [4.78, 5) is 4.48. The summed E-state index contributed by atoms with van der Waals surface area (Å²) in [6, 6.07) is 0.552. The highest BCUT2D eigenvalue weighted by atomic mass is 15.2. The van der Waals surface area contributed by atoms with E-state index >= 15 is 0 Å². The number of imidazole rings is 1. The first-order valence-corrected chi connectivity index (χ1v) is 7.25. The monoisotopic (exact) mass is 247 g/mol. The lowest BCUT2D eigenvalue weighted by molar-refractivity contribution is 0.154. The maximum absolute atomic E-state index is 4.48. The Morgan fingerprint density at radius 2 is 2.22 bits per heavy atom. The van der Waals surface area contributed by atoms with E-state index in [0.717, 1.165) is 18.4 Å². The first-order chi connectivity index (χ1) is 8.47. The van der Waals surface area contributed by atoms with Gasteiger partial charge in [0, 0.05) is 25.0 Å². The van der Waals surface area contributed by atoms with Crippen molar-refractivity contribution in [1.82, 2.24) is 9.55 Å². The van der Waals surface area contributed by atoms with Gasteiger partial charge in [0.05, 0.1) is 0 Å². The van der Waals surface area contributed by atoms with Crippen LogP contribution in [-0.2, 0) is 6.54 Å². The van der Waals surface area contributed by atoms with Gasteiger partial charge in [0.25, 0.3) is 0 Å². The van der Waals surface area contributed by atoms with Gasteiger partial charge in [0.2, 0.25) is 5.95 Å². The Labute approximate surface area is 110 Å². The molecule has 0 aromatic carbocycles. The summed E-state index contributed by atoms with van der Waals surface area (Å²) in [6.45, 7) is 10.5. The van der Waals surface area contributed by atoms with E-state index in [1.165, 1.54) is 19.3 Å². The Balaban J connectivity index is 1.88. The van der Waals surface area contributed by atoms with Gasteiger partial charge in [0.1, 0.15) is 0 Å². The Morgan fingerprint density at radius 1 is 1.44 bits per heavy atom. The van der Waals surface area contributed by atoms with Gasteiger partial charge >= 0.3 is 0 Å². The van der Waals surface area contributed by atoms with E-state index in [2.05, 4.69) is 48.8 Å². The summed E-state index contributed by atoms with van der Waals surface area (Å²) in [5, 5.41) is 3.75. The van der Waals surface area contributed by atoms with Crippen LogP contribution in [0, 0.1) is 16.7 Å². The lowest BCUT2D eigenvalue weighted by Gasteiger charge is -2.43. The molecular formula is C15H25N3. The van der Waals surface area contributed by atoms with Crippen LogP contribution >= 0.6 is 0 Å². The molecule has 0 saturated heterocycles. The van der Waals surface area contributed by atoms with Gasteiger partial charge in [-0.15, -0.1) is 0 Å². The van der Waals surface area contributed by atoms with Crippen LogP contribution in [0.2, 0.25) is 0 Å². The Hall–Kier alpha value is -0.990. The zero-order valence-electron chi connectivity index (χ0n) is 12.0. The predicted octanol–water partition coefficient (Wildman–Crippen LogP) is 3.53. The largest absolute Gasteiger partial charge is 0.352 e. The molecule has 1 heterocycles. The summed E-state index contributed by atoms with van der Waals surface area (Å²) in [6.07, 6.45) is 8.11. The maximum Gasteiger partial charge on any atom is 0.203 e. The lowest BCUT2D eigenvalue weighted by atomic mass is 9.68. The quantitative estimate of drug-likeness (QED) is 0.885. The topological polar surface area (TPSA) is 29.9 Å². The van der Waals surface area contributed by atoms with Gasteiger partial charge in [-0.05, 0) is 42.9 Å². The summed E-state index contributed by atoms with van der Waals surface area (Å²) >= 11 is 0. The molecule has 1 N–H and O–H groups in total. The molecule has 2 fully saturated rings. The van der Waals surface area contributed by atoms with Crippen LogP contribution in [0.5, 0.6) is 0 Å². The van der Waals surface area contributed by atoms with Crippen LogP contribution in [0.15, 0.2) is 12.4 Å². The molecular weight excluding hydrogens is 222 g/mol. The molecule has 100 valence electrons. The highest BCUT2D eigenvalue weighted by Gasteiger charge is 2.59. The number of nitrogens with zero attached hydrogens (tertiary/aromatic N) is 2. The first-order valence-electron chi connectivity index (χ1n) is 7.25. The summed E-state index contributed by atoms with van der Waals surface area (Å²) in [5.74, 6) is 1.93. The van der Waals surface area contributed by atoms with Crippen molar-refractivity contribution >= 4 is 5.95 Å². The molecule has 1 aromatic heterocycles. The minimum absolute atomic E-state index is 0.386. The number of nitrogens with one attached hydrogen (secondary N) is 1. The second-order valence-electron chi connectivity index (χ2n) is 7.03. The van der Waals surface area contributed by atoms with Crippen molar-refractivity contribution in [3.8, 4) is 0 Å². The molecule has 2 bridgehead atoms. The smallest absolute Gasteiger partial charge is 0.203 e. The van der Waals surface area contributed by atoms with E-state index < -0.39 is 0 Å². The molecule has 3 atom stereocenters. The van der Waals surface area contributed by atoms with E-state index in [0.29, 0.717) is 16.9 Å². The Bertz CT molecular complexity index is 444. The second-order valence-corrected chi connectivity index (χ2v) is 7.03. The van der Waals surface area contributed by atoms with Crippen molar-refractivity contribution in [3.05, 3.63) is 12.4 Å². The number of hydrogen-bond acceptors (Lipinski definition) is 2. The van der Waals surface area contributed by atoms with Crippen LogP contribution in [0.3, 0.4) is 0 Å². The number of hydrogen-bond donors (Lipinski definition) is 1. The molecule has 3 heteroatoms. The van der Waals surface area contributed by atoms with Crippen molar-refractivity contribution in [2.45, 2.75) is 59.5 Å². The van der Waals surface area contributed by atoms with Gasteiger partial charge in [-0.25, -0.2) is 4.98 Å². The first kappa shape index (κ1) is 12.1. The number of fused-ring (bicyclic) bond motifs is 2. The van der Waals surface area contributed by atoms with Crippen LogP contribution < -0.4 is 5.32 Å². The minimum Gasteiger partial charge on any atom is -0.352 e. The van der Waals surface area contributed by atoms with Crippen LogP contribution in [0.4, 0.5) is 5.95 Å². The third-order valence-electron chi connectivity index (χ3n) is 5.60. The van der Waals surface area contributed by atoms with Gasteiger partial charge in [0.15, 0.2) is 0 Å². The molecule has 3 rings (SSSR count). The number of aryl methyl sites for hydroxylation is 1. The fraction of sp³-hybridized carbons (Fsp3) is 0.800. The standard InChI is InChI=1S/C15H25N3/c1-5-18-9-8-16-13(18)17-12-14(2,3)11-6-7-15(12,4)10-11/h8-9,11-12H,5-7,10H2,1-4H3,(H,16,17). The fourth-order valence-corrected chi connectivity index (χ4v) is 4.50. The van der Waals surface area contributed by atoms with E-state index in [4.69, 9.17) is 0 Å². The molecule has 18 heavy (non-hydrogen) atoms. The molecule has 2 saturated carbocycles. The zero-order chi connectivity index (χ0) is 13.0. The molecule has 0 radical (unpaired) electrons. The maximum atomic E-state index is 4.48. The summed E-state index contributed by atoms with van der Waals surface area (Å²) in [7, 11) is 0. The molecule has 0 amide bonds. The molecule has 1 aromatic rings. The predicted molar refractivity (Wildman–Crippen MR) is 74.5 cm³/mol. The van der Waals surface area contributed by atoms with Crippen molar-refractivity contribution in [2.75, 3.05) is 5.32 Å². The molecule has 3 unspecified atom stereocenters. The normalized spacial score (nSPS) is 37.1. The third-order valence-corrected chi connectivity index (χ3v) is 5.60. The Morgan fingerprint density at radius 3 is 2.83 bits per heavy atom. The molecule has 3 nitrogen and oxygen atoms in total. The van der Waals surface area contributed by atoms with E-state index in [9.17, 15) is 0 Å². The van der Waals surface area contributed by atoms with Crippen molar-refractivity contribution in [2.24, 2.45) is 16.7 Å². The van der Waals surface area contributed by atoms with Crippen molar-refractivity contribution in [3.63, 3.8) is 0 Å². The summed E-state index contributed by atoms with van der Waals surface area (Å²) < 4.78 is 2.20. The van der Waals surface area contributed by atoms with Gasteiger partial charge < -0.3 is 9.88 Å². The average Bonchev–Trinajstić information content (AvgIpc) is 2.95. The van der Waals surface area contributed by atoms with E-state index in [1.807, 2.05) is 6.20 Å². The average molecular weight is 247 g/mol. The number of rotatable bonds is 3. The minimum atomic E-state index is 0.386. The van der Waals surface area contributed by atoms with E-state index in [1.54, 1.807) is 0 Å². The molecule has 0 aliphatic heterocycles. The van der Waals surface area contributed by atoms with Gasteiger partial charge in [-0.3, -0.25) is 0 Å². The highest BCUT2D eigenvalue weighted by molar-refractivity contribution is 5.33. The molecule has 2 aliphatic carbocycles. The van der Waals surface area contributed by atoms with Gasteiger partial charge in [-0.2, -0.15) is 0 Å². The highest BCUT2D eigenvalue weighted by Crippen LogP contribution is 2.62.